The molecule has 0 spiro atoms. The molecule has 0 saturated carbocycles. The number of ether oxygens (including phenoxy) is 1. The molecule has 0 unspecified atom stereocenters. The topological polar surface area (TPSA) is 46.6 Å². The van der Waals surface area contributed by atoms with Crippen LogP contribution in [0.25, 0.3) is 0 Å². The lowest BCUT2D eigenvalue weighted by molar-refractivity contribution is -0.128. The molecule has 18 heavy (non-hydrogen) atoms. The minimum absolute atomic E-state index is 0.0435. The zero-order chi connectivity index (χ0) is 13.9. The molecule has 4 heteroatoms. The zero-order valence-electron chi connectivity index (χ0n) is 12.2. The van der Waals surface area contributed by atoms with Crippen LogP contribution in [0.15, 0.2) is 0 Å². The average Bonchev–Trinajstić information content (AvgIpc) is 2.25. The molecule has 1 aliphatic heterocycles. The van der Waals surface area contributed by atoms with Gasteiger partial charge in [-0.3, -0.25) is 9.69 Å². The van der Waals surface area contributed by atoms with E-state index in [1.807, 2.05) is 34.6 Å². The van der Waals surface area contributed by atoms with Gasteiger partial charge in [-0.2, -0.15) is 0 Å². The van der Waals surface area contributed by atoms with Gasteiger partial charge in [0.2, 0.25) is 0 Å². The zero-order valence-corrected chi connectivity index (χ0v) is 12.2. The number of piperidine rings is 1. The molecule has 1 heterocycles. The van der Waals surface area contributed by atoms with E-state index in [2.05, 4.69) is 0 Å². The number of hydrogen-bond donors (Lipinski definition) is 0. The van der Waals surface area contributed by atoms with Crippen LogP contribution in [0.5, 0.6) is 0 Å². The Morgan fingerprint density at radius 1 is 1.22 bits per heavy atom. The Balaban J connectivity index is 2.76. The maximum Gasteiger partial charge on any atom is 0.410 e. The number of carbonyl (C=O) groups is 2. The molecule has 104 valence electrons. The van der Waals surface area contributed by atoms with Crippen molar-refractivity contribution in [1.82, 2.24) is 4.90 Å². The van der Waals surface area contributed by atoms with E-state index in [4.69, 9.17) is 4.74 Å². The van der Waals surface area contributed by atoms with E-state index < -0.39 is 5.60 Å². The molecule has 1 fully saturated rings. The van der Waals surface area contributed by atoms with Gasteiger partial charge in [-0.05, 0) is 40.0 Å². The summed E-state index contributed by atoms with van der Waals surface area (Å²) in [5.74, 6) is 0.0959. The predicted molar refractivity (Wildman–Crippen MR) is 70.4 cm³/mol. The largest absolute Gasteiger partial charge is 0.444 e. The molecule has 1 aliphatic rings. The second kappa shape index (κ2) is 5.72. The highest BCUT2D eigenvalue weighted by Crippen LogP contribution is 2.22. The second-order valence-corrected chi connectivity index (χ2v) is 6.24. The van der Waals surface area contributed by atoms with Gasteiger partial charge < -0.3 is 4.74 Å². The number of rotatable bonds is 2. The fourth-order valence-corrected chi connectivity index (χ4v) is 2.15. The van der Waals surface area contributed by atoms with Gasteiger partial charge in [0.1, 0.15) is 5.60 Å². The van der Waals surface area contributed by atoms with Crippen molar-refractivity contribution in [1.29, 1.82) is 0 Å². The van der Waals surface area contributed by atoms with Crippen molar-refractivity contribution in [2.45, 2.75) is 65.5 Å². The van der Waals surface area contributed by atoms with Crippen LogP contribution < -0.4 is 0 Å². The summed E-state index contributed by atoms with van der Waals surface area (Å²) in [6, 6.07) is -0.298. The number of carbonyl (C=O) groups excluding carboxylic acids is 2. The first kappa shape index (κ1) is 15.0. The van der Waals surface area contributed by atoms with E-state index in [0.29, 0.717) is 6.54 Å². The van der Waals surface area contributed by atoms with Gasteiger partial charge in [-0.15, -0.1) is 0 Å². The molecule has 1 amide bonds. The molecule has 0 radical (unpaired) electrons. The van der Waals surface area contributed by atoms with Crippen LogP contribution in [0.4, 0.5) is 4.79 Å². The quantitative estimate of drug-likeness (QED) is 0.762. The summed E-state index contributed by atoms with van der Waals surface area (Å²) in [7, 11) is 0. The van der Waals surface area contributed by atoms with E-state index in [-0.39, 0.29) is 23.8 Å². The number of nitrogens with zero attached hydrogens (tertiary/aromatic N) is 1. The van der Waals surface area contributed by atoms with Crippen LogP contribution in [-0.4, -0.2) is 35.0 Å². The third kappa shape index (κ3) is 4.00. The van der Waals surface area contributed by atoms with Crippen LogP contribution in [0.1, 0.15) is 53.9 Å². The number of likely N-dealkylation sites (tertiary alicyclic amines) is 1. The predicted octanol–water partition coefficient (Wildman–Crippen LogP) is 3.00. The van der Waals surface area contributed by atoms with E-state index in [1.54, 1.807) is 4.90 Å². The molecule has 0 aromatic carbocycles. The molecule has 1 atom stereocenters. The Hall–Kier alpha value is -1.06. The van der Waals surface area contributed by atoms with Crippen molar-refractivity contribution in [3.63, 3.8) is 0 Å². The lowest BCUT2D eigenvalue weighted by Crippen LogP contribution is -2.50. The molecule has 4 nitrogen and oxygen atoms in total. The van der Waals surface area contributed by atoms with Crippen LogP contribution in [0, 0.1) is 5.92 Å². The lowest BCUT2D eigenvalue weighted by atomic mass is 9.93. The van der Waals surface area contributed by atoms with Crippen LogP contribution in [-0.2, 0) is 9.53 Å². The lowest BCUT2D eigenvalue weighted by Gasteiger charge is -2.36. The summed E-state index contributed by atoms with van der Waals surface area (Å²) in [5.41, 5.74) is -0.514. The smallest absolute Gasteiger partial charge is 0.410 e. The van der Waals surface area contributed by atoms with Gasteiger partial charge in [0, 0.05) is 12.5 Å². The number of hydrogen-bond acceptors (Lipinski definition) is 3. The summed E-state index contributed by atoms with van der Waals surface area (Å²) in [6.07, 6.45) is 2.35. The summed E-state index contributed by atoms with van der Waals surface area (Å²) < 4.78 is 5.37. The summed E-state index contributed by atoms with van der Waals surface area (Å²) in [4.78, 5) is 25.8. The molecule has 0 N–H and O–H groups in total. The standard InChI is InChI=1S/C14H25NO3/c1-10(2)12(16)11-8-6-7-9-15(11)13(17)18-14(3,4)5/h10-11H,6-9H2,1-5H3/t11-/m1/s1. The number of amides is 1. The van der Waals surface area contributed by atoms with Crippen molar-refractivity contribution in [3.8, 4) is 0 Å². The Labute approximate surface area is 110 Å². The van der Waals surface area contributed by atoms with Crippen molar-refractivity contribution in [2.24, 2.45) is 5.92 Å². The first-order valence-corrected chi connectivity index (χ1v) is 6.75. The fraction of sp³-hybridized carbons (Fsp3) is 0.857. The highest BCUT2D eigenvalue weighted by atomic mass is 16.6. The maximum atomic E-state index is 12.1. The number of Topliss-reactive ketones (excluding diaryl/α,β-unsaturated/α-hetero) is 1. The van der Waals surface area contributed by atoms with Crippen LogP contribution in [0.3, 0.4) is 0 Å². The third-order valence-electron chi connectivity index (χ3n) is 3.03. The third-order valence-corrected chi connectivity index (χ3v) is 3.03. The maximum absolute atomic E-state index is 12.1. The molecule has 1 saturated heterocycles. The van der Waals surface area contributed by atoms with Gasteiger partial charge in [-0.1, -0.05) is 13.8 Å². The monoisotopic (exact) mass is 255 g/mol. The van der Waals surface area contributed by atoms with Crippen molar-refractivity contribution >= 4 is 11.9 Å². The van der Waals surface area contributed by atoms with E-state index in [1.165, 1.54) is 0 Å². The van der Waals surface area contributed by atoms with Crippen LogP contribution in [0.2, 0.25) is 0 Å². The summed E-state index contributed by atoms with van der Waals surface area (Å²) >= 11 is 0. The van der Waals surface area contributed by atoms with Crippen LogP contribution >= 0.6 is 0 Å². The summed E-state index contributed by atoms with van der Waals surface area (Å²) in [6.45, 7) is 9.91. The van der Waals surface area contributed by atoms with E-state index >= 15 is 0 Å². The van der Waals surface area contributed by atoms with Gasteiger partial charge in [0.25, 0.3) is 0 Å². The van der Waals surface area contributed by atoms with Gasteiger partial charge >= 0.3 is 6.09 Å². The average molecular weight is 255 g/mol. The molecule has 0 aromatic heterocycles. The minimum Gasteiger partial charge on any atom is -0.444 e. The highest BCUT2D eigenvalue weighted by Gasteiger charge is 2.35. The molecular weight excluding hydrogens is 230 g/mol. The fourth-order valence-electron chi connectivity index (χ4n) is 2.15. The molecule has 0 aromatic rings. The molecule has 0 aliphatic carbocycles. The SMILES string of the molecule is CC(C)C(=O)[C@H]1CCCCN1C(=O)OC(C)(C)C. The Morgan fingerprint density at radius 3 is 2.33 bits per heavy atom. The van der Waals surface area contributed by atoms with Crippen molar-refractivity contribution in [3.05, 3.63) is 0 Å². The first-order valence-electron chi connectivity index (χ1n) is 6.75. The minimum atomic E-state index is -0.514. The second-order valence-electron chi connectivity index (χ2n) is 6.24. The van der Waals surface area contributed by atoms with Crippen molar-refractivity contribution < 1.29 is 14.3 Å². The summed E-state index contributed by atoms with van der Waals surface area (Å²) in [5, 5.41) is 0. The first-order chi connectivity index (χ1) is 8.22. The Bertz CT molecular complexity index is 317. The molecular formula is C14H25NO3. The van der Waals surface area contributed by atoms with Gasteiger partial charge in [-0.25, -0.2) is 4.79 Å². The number of ketones is 1. The molecule has 0 bridgehead atoms. The Kier molecular flexibility index (Phi) is 4.77. The molecule has 1 rings (SSSR count). The van der Waals surface area contributed by atoms with E-state index in [0.717, 1.165) is 19.3 Å². The normalized spacial score (nSPS) is 21.0. The van der Waals surface area contributed by atoms with E-state index in [9.17, 15) is 9.59 Å². The van der Waals surface area contributed by atoms with Gasteiger partial charge in [0.05, 0.1) is 6.04 Å². The van der Waals surface area contributed by atoms with Crippen molar-refractivity contribution in [2.75, 3.05) is 6.54 Å². The highest BCUT2D eigenvalue weighted by molar-refractivity contribution is 5.89. The van der Waals surface area contributed by atoms with Gasteiger partial charge in [0.15, 0.2) is 5.78 Å². The Morgan fingerprint density at radius 2 is 1.83 bits per heavy atom.